The van der Waals surface area contributed by atoms with Crippen molar-refractivity contribution >= 4 is 23.5 Å². The van der Waals surface area contributed by atoms with Gasteiger partial charge in [0.05, 0.1) is 7.11 Å². The smallest absolute Gasteiger partial charge is 0.223 e. The molecule has 0 saturated carbocycles. The lowest BCUT2D eigenvalue weighted by atomic mass is 9.96. The minimum Gasteiger partial charge on any atom is -0.497 e. The summed E-state index contributed by atoms with van der Waals surface area (Å²) in [5.41, 5.74) is 1.06. The molecule has 7 heteroatoms. The number of anilines is 1. The van der Waals surface area contributed by atoms with E-state index in [9.17, 15) is 4.79 Å². The van der Waals surface area contributed by atoms with Gasteiger partial charge in [-0.15, -0.1) is 0 Å². The van der Waals surface area contributed by atoms with Crippen LogP contribution in [-0.4, -0.2) is 36.1 Å². The highest BCUT2D eigenvalue weighted by atomic mass is 32.2. The molecule has 31 heavy (non-hydrogen) atoms. The maximum Gasteiger partial charge on any atom is 0.223 e. The summed E-state index contributed by atoms with van der Waals surface area (Å²) in [5.74, 6) is 1.86. The van der Waals surface area contributed by atoms with Crippen molar-refractivity contribution in [2.75, 3.05) is 25.1 Å². The van der Waals surface area contributed by atoms with E-state index in [1.54, 1.807) is 31.3 Å². The van der Waals surface area contributed by atoms with Gasteiger partial charge in [-0.1, -0.05) is 42.1 Å². The molecule has 160 valence electrons. The number of hydrogen-bond donors (Lipinski definition) is 1. The minimum absolute atomic E-state index is 0.0244. The number of carbonyl (C=O) groups is 1. The van der Waals surface area contributed by atoms with E-state index >= 15 is 0 Å². The predicted octanol–water partition coefficient (Wildman–Crippen LogP) is 4.17. The molecule has 0 atom stereocenters. The fraction of sp³-hybridized carbons (Fsp3) is 0.292. The van der Waals surface area contributed by atoms with E-state index in [-0.39, 0.29) is 11.8 Å². The molecule has 1 N–H and O–H groups in total. The second kappa shape index (κ2) is 10.3. The Morgan fingerprint density at radius 2 is 1.77 bits per heavy atom. The van der Waals surface area contributed by atoms with Gasteiger partial charge in [0.2, 0.25) is 5.91 Å². The third-order valence-electron chi connectivity index (χ3n) is 5.40. The lowest BCUT2D eigenvalue weighted by Gasteiger charge is -2.32. The van der Waals surface area contributed by atoms with Crippen molar-refractivity contribution in [3.05, 3.63) is 72.6 Å². The summed E-state index contributed by atoms with van der Waals surface area (Å²) in [7, 11) is 1.65. The first kappa shape index (κ1) is 21.2. The number of nitrogens with one attached hydrogen (secondary N) is 1. The maximum absolute atomic E-state index is 12.7. The first-order chi connectivity index (χ1) is 15.2. The molecule has 1 aliphatic heterocycles. The second-order valence-corrected chi connectivity index (χ2v) is 8.49. The Hall–Kier alpha value is -3.06. The summed E-state index contributed by atoms with van der Waals surface area (Å²) >= 11 is 1.62. The molecule has 0 aliphatic carbocycles. The molecule has 4 rings (SSSR count). The molecule has 6 nitrogen and oxygen atoms in total. The van der Waals surface area contributed by atoms with Crippen LogP contribution in [0.3, 0.4) is 0 Å². The van der Waals surface area contributed by atoms with Gasteiger partial charge in [-0.3, -0.25) is 4.79 Å². The van der Waals surface area contributed by atoms with Crippen LogP contribution in [0.1, 0.15) is 18.4 Å². The average molecular weight is 435 g/mol. The van der Waals surface area contributed by atoms with Crippen molar-refractivity contribution in [3.63, 3.8) is 0 Å². The van der Waals surface area contributed by atoms with Crippen LogP contribution in [-0.2, 0) is 11.3 Å². The zero-order valence-corrected chi connectivity index (χ0v) is 18.3. The van der Waals surface area contributed by atoms with Gasteiger partial charge in [0, 0.05) is 42.8 Å². The average Bonchev–Trinajstić information content (AvgIpc) is 2.84. The number of piperidine rings is 1. The van der Waals surface area contributed by atoms with E-state index in [1.807, 2.05) is 42.5 Å². The topological polar surface area (TPSA) is 67.3 Å². The van der Waals surface area contributed by atoms with E-state index in [1.165, 1.54) is 0 Å². The minimum atomic E-state index is 0.0244. The highest BCUT2D eigenvalue weighted by Gasteiger charge is 2.27. The van der Waals surface area contributed by atoms with Crippen molar-refractivity contribution < 1.29 is 9.53 Å². The third kappa shape index (κ3) is 5.55. The molecule has 1 fully saturated rings. The molecule has 2 aromatic carbocycles. The highest BCUT2D eigenvalue weighted by Crippen LogP contribution is 2.33. The van der Waals surface area contributed by atoms with Crippen LogP contribution in [0, 0.1) is 5.92 Å². The van der Waals surface area contributed by atoms with Crippen LogP contribution in [0.2, 0.25) is 0 Å². The molecule has 1 saturated heterocycles. The van der Waals surface area contributed by atoms with Gasteiger partial charge in [-0.25, -0.2) is 9.97 Å². The van der Waals surface area contributed by atoms with Crippen molar-refractivity contribution in [1.29, 1.82) is 0 Å². The number of nitrogens with zero attached hydrogens (tertiary/aromatic N) is 3. The Morgan fingerprint density at radius 3 is 2.48 bits per heavy atom. The third-order valence-corrected chi connectivity index (χ3v) is 6.38. The molecular weight excluding hydrogens is 408 g/mol. The van der Waals surface area contributed by atoms with Gasteiger partial charge < -0.3 is 15.0 Å². The van der Waals surface area contributed by atoms with E-state index < -0.39 is 0 Å². The van der Waals surface area contributed by atoms with Crippen molar-refractivity contribution in [1.82, 2.24) is 15.3 Å². The summed E-state index contributed by atoms with van der Waals surface area (Å²) in [6, 6.07) is 18.0. The Morgan fingerprint density at radius 1 is 1.06 bits per heavy atom. The number of ether oxygens (including phenoxy) is 1. The number of hydrogen-bond acceptors (Lipinski definition) is 6. The first-order valence-electron chi connectivity index (χ1n) is 10.4. The molecule has 0 bridgehead atoms. The monoisotopic (exact) mass is 434 g/mol. The zero-order valence-electron chi connectivity index (χ0n) is 17.5. The summed E-state index contributed by atoms with van der Waals surface area (Å²) in [5, 5.41) is 3.97. The number of rotatable bonds is 7. The van der Waals surface area contributed by atoms with Crippen molar-refractivity contribution in [3.8, 4) is 5.75 Å². The number of carbonyl (C=O) groups excluding carboxylic acids is 1. The quantitative estimate of drug-likeness (QED) is 0.602. The number of benzene rings is 2. The van der Waals surface area contributed by atoms with Crippen LogP contribution >= 0.6 is 11.8 Å². The SMILES string of the molecule is COc1ccc(CNC(=O)C2CCN(c3nccnc3Sc3ccccc3)CC2)cc1. The van der Waals surface area contributed by atoms with Crippen LogP contribution in [0.4, 0.5) is 5.82 Å². The van der Waals surface area contributed by atoms with Gasteiger partial charge in [0.1, 0.15) is 10.8 Å². The molecule has 2 heterocycles. The first-order valence-corrected chi connectivity index (χ1v) is 11.2. The van der Waals surface area contributed by atoms with E-state index in [0.29, 0.717) is 6.54 Å². The lowest BCUT2D eigenvalue weighted by molar-refractivity contribution is -0.125. The van der Waals surface area contributed by atoms with E-state index in [2.05, 4.69) is 32.3 Å². The lowest BCUT2D eigenvalue weighted by Crippen LogP contribution is -2.41. The molecular formula is C24H26N4O2S. The molecule has 1 aromatic heterocycles. The molecule has 0 unspecified atom stereocenters. The summed E-state index contributed by atoms with van der Waals surface area (Å²) in [6.45, 7) is 2.12. The fourth-order valence-corrected chi connectivity index (χ4v) is 4.54. The maximum atomic E-state index is 12.7. The van der Waals surface area contributed by atoms with E-state index in [4.69, 9.17) is 4.74 Å². The van der Waals surface area contributed by atoms with Crippen molar-refractivity contribution in [2.24, 2.45) is 5.92 Å². The molecule has 1 aliphatic rings. The Balaban J connectivity index is 1.32. The summed E-state index contributed by atoms with van der Waals surface area (Å²) < 4.78 is 5.17. The second-order valence-electron chi connectivity index (χ2n) is 7.43. The van der Waals surface area contributed by atoms with Crippen molar-refractivity contribution in [2.45, 2.75) is 29.3 Å². The molecule has 1 amide bonds. The predicted molar refractivity (Wildman–Crippen MR) is 122 cm³/mol. The Bertz CT molecular complexity index is 990. The summed E-state index contributed by atoms with van der Waals surface area (Å²) in [6.07, 6.45) is 5.08. The van der Waals surface area contributed by atoms with Crippen LogP contribution < -0.4 is 15.0 Å². The van der Waals surface area contributed by atoms with E-state index in [0.717, 1.165) is 53.0 Å². The van der Waals surface area contributed by atoms with Crippen LogP contribution in [0.15, 0.2) is 76.9 Å². The van der Waals surface area contributed by atoms with Gasteiger partial charge in [0.15, 0.2) is 5.82 Å². The normalized spacial score (nSPS) is 14.3. The number of aromatic nitrogens is 2. The largest absolute Gasteiger partial charge is 0.497 e. The standard InChI is InChI=1S/C24H26N4O2S/c1-30-20-9-7-18(8-10-20)17-27-23(29)19-11-15-28(16-12-19)22-24(26-14-13-25-22)31-21-5-3-2-4-6-21/h2-10,13-14,19H,11-12,15-17H2,1H3,(H,27,29). The molecule has 0 spiro atoms. The Labute approximate surface area is 187 Å². The zero-order chi connectivity index (χ0) is 21.5. The molecule has 0 radical (unpaired) electrons. The number of methoxy groups -OCH3 is 1. The molecule has 3 aromatic rings. The van der Waals surface area contributed by atoms with Crippen LogP contribution in [0.5, 0.6) is 5.75 Å². The van der Waals surface area contributed by atoms with Crippen LogP contribution in [0.25, 0.3) is 0 Å². The number of amides is 1. The fourth-order valence-electron chi connectivity index (χ4n) is 3.64. The van der Waals surface area contributed by atoms with Gasteiger partial charge in [-0.05, 0) is 42.7 Å². The summed E-state index contributed by atoms with van der Waals surface area (Å²) in [4.78, 5) is 25.2. The Kier molecular flexibility index (Phi) is 7.04. The van der Waals surface area contributed by atoms with Gasteiger partial charge in [0.25, 0.3) is 0 Å². The highest BCUT2D eigenvalue weighted by molar-refractivity contribution is 7.99. The van der Waals surface area contributed by atoms with Gasteiger partial charge >= 0.3 is 0 Å². The van der Waals surface area contributed by atoms with Gasteiger partial charge in [-0.2, -0.15) is 0 Å².